The van der Waals surface area contributed by atoms with Crippen LogP contribution in [0.2, 0.25) is 5.02 Å². The van der Waals surface area contributed by atoms with Crippen LogP contribution in [-0.4, -0.2) is 9.78 Å². The summed E-state index contributed by atoms with van der Waals surface area (Å²) in [4.78, 5) is 0. The Bertz CT molecular complexity index is 645. The van der Waals surface area contributed by atoms with Crippen molar-refractivity contribution in [2.24, 2.45) is 12.8 Å². The van der Waals surface area contributed by atoms with Crippen molar-refractivity contribution in [2.45, 2.75) is 38.6 Å². The topological polar surface area (TPSA) is 43.8 Å². The van der Waals surface area contributed by atoms with Gasteiger partial charge in [-0.3, -0.25) is 4.68 Å². The van der Waals surface area contributed by atoms with E-state index in [0.717, 1.165) is 22.8 Å². The van der Waals surface area contributed by atoms with E-state index in [1.165, 1.54) is 36.0 Å². The number of hydrogen-bond donors (Lipinski definition) is 1. The van der Waals surface area contributed by atoms with E-state index < -0.39 is 0 Å². The highest BCUT2D eigenvalue weighted by Gasteiger charge is 2.18. The predicted octanol–water partition coefficient (Wildman–Crippen LogP) is 3.11. The summed E-state index contributed by atoms with van der Waals surface area (Å²) in [6.45, 7) is 1.92. The van der Waals surface area contributed by atoms with E-state index in [0.29, 0.717) is 0 Å². The van der Waals surface area contributed by atoms with Crippen molar-refractivity contribution in [1.82, 2.24) is 9.78 Å². The number of aryl methyl sites for hydroxylation is 4. The number of hydrogen-bond acceptors (Lipinski definition) is 2. The number of nitrogens with two attached hydrogens (primary N) is 1. The Morgan fingerprint density at radius 1 is 1.35 bits per heavy atom. The second kappa shape index (κ2) is 5.23. The maximum Gasteiger partial charge on any atom is 0.0847 e. The minimum Gasteiger partial charge on any atom is -0.324 e. The second-order valence-corrected chi connectivity index (χ2v) is 6.04. The first-order chi connectivity index (χ1) is 9.56. The number of aromatic nitrogens is 2. The molecule has 1 aliphatic rings. The molecule has 106 valence electrons. The van der Waals surface area contributed by atoms with E-state index in [1.807, 2.05) is 18.7 Å². The minimum atomic E-state index is -0.0341. The molecule has 0 spiro atoms. The summed E-state index contributed by atoms with van der Waals surface area (Å²) in [7, 11) is 1.92. The lowest BCUT2D eigenvalue weighted by atomic mass is 9.98. The van der Waals surface area contributed by atoms with Crippen LogP contribution in [0.4, 0.5) is 0 Å². The number of fused-ring (bicyclic) bond motifs is 1. The fourth-order valence-corrected chi connectivity index (χ4v) is 3.29. The van der Waals surface area contributed by atoms with Crippen molar-refractivity contribution >= 4 is 11.6 Å². The smallest absolute Gasteiger partial charge is 0.0847 e. The maximum atomic E-state index is 6.37. The van der Waals surface area contributed by atoms with Gasteiger partial charge < -0.3 is 5.73 Å². The molecule has 0 bridgehead atoms. The molecule has 1 heterocycles. The van der Waals surface area contributed by atoms with Gasteiger partial charge in [0.25, 0.3) is 0 Å². The molecule has 0 amide bonds. The van der Waals surface area contributed by atoms with Crippen molar-refractivity contribution in [1.29, 1.82) is 0 Å². The molecular formula is C16H20ClN3. The summed E-state index contributed by atoms with van der Waals surface area (Å²) in [5.41, 5.74) is 12.4. The van der Waals surface area contributed by atoms with Crippen molar-refractivity contribution in [3.05, 3.63) is 51.3 Å². The van der Waals surface area contributed by atoms with E-state index >= 15 is 0 Å². The quantitative estimate of drug-likeness (QED) is 0.943. The Morgan fingerprint density at radius 3 is 2.80 bits per heavy atom. The first-order valence-corrected chi connectivity index (χ1v) is 7.49. The van der Waals surface area contributed by atoms with E-state index in [2.05, 4.69) is 23.3 Å². The molecule has 1 unspecified atom stereocenters. The van der Waals surface area contributed by atoms with Gasteiger partial charge in [-0.2, -0.15) is 5.10 Å². The van der Waals surface area contributed by atoms with Crippen molar-refractivity contribution in [3.63, 3.8) is 0 Å². The minimum absolute atomic E-state index is 0.0341. The molecular weight excluding hydrogens is 270 g/mol. The van der Waals surface area contributed by atoms with Crippen LogP contribution in [0.25, 0.3) is 0 Å². The van der Waals surface area contributed by atoms with Gasteiger partial charge in [-0.1, -0.05) is 29.8 Å². The Balaban J connectivity index is 1.84. The van der Waals surface area contributed by atoms with E-state index in [4.69, 9.17) is 17.3 Å². The standard InChI is InChI=1S/C16H20ClN3/c1-10-16(17)15(20(2)19-10)9-14(18)13-7-6-11-4-3-5-12(11)8-13/h6-8,14H,3-5,9,18H2,1-2H3. The van der Waals surface area contributed by atoms with Crippen LogP contribution in [0.15, 0.2) is 18.2 Å². The molecule has 4 heteroatoms. The predicted molar refractivity (Wildman–Crippen MR) is 82.1 cm³/mol. The molecule has 1 atom stereocenters. The van der Waals surface area contributed by atoms with Crippen LogP contribution < -0.4 is 5.73 Å². The number of halogens is 1. The summed E-state index contributed by atoms with van der Waals surface area (Å²) >= 11 is 6.30. The molecule has 2 aromatic rings. The number of rotatable bonds is 3. The van der Waals surface area contributed by atoms with Gasteiger partial charge in [0.1, 0.15) is 0 Å². The van der Waals surface area contributed by atoms with Crippen LogP contribution in [0.5, 0.6) is 0 Å². The first-order valence-electron chi connectivity index (χ1n) is 7.11. The average Bonchev–Trinajstić information content (AvgIpc) is 2.98. The van der Waals surface area contributed by atoms with Gasteiger partial charge in [0.15, 0.2) is 0 Å². The Kier molecular flexibility index (Phi) is 3.57. The molecule has 20 heavy (non-hydrogen) atoms. The monoisotopic (exact) mass is 289 g/mol. The van der Waals surface area contributed by atoms with Gasteiger partial charge in [0.2, 0.25) is 0 Å². The van der Waals surface area contributed by atoms with E-state index in [-0.39, 0.29) is 6.04 Å². The van der Waals surface area contributed by atoms with E-state index in [1.54, 1.807) is 0 Å². The summed E-state index contributed by atoms with van der Waals surface area (Å²) < 4.78 is 1.84. The van der Waals surface area contributed by atoms with Crippen molar-refractivity contribution in [3.8, 4) is 0 Å². The molecule has 1 aromatic carbocycles. The number of nitrogens with zero attached hydrogens (tertiary/aromatic N) is 2. The zero-order valence-corrected chi connectivity index (χ0v) is 12.7. The van der Waals surface area contributed by atoms with Crippen molar-refractivity contribution in [2.75, 3.05) is 0 Å². The van der Waals surface area contributed by atoms with Crippen molar-refractivity contribution < 1.29 is 0 Å². The largest absolute Gasteiger partial charge is 0.324 e. The zero-order chi connectivity index (χ0) is 14.3. The van der Waals surface area contributed by atoms with Gasteiger partial charge in [-0.05, 0) is 42.9 Å². The lowest BCUT2D eigenvalue weighted by Crippen LogP contribution is -2.16. The Hall–Kier alpha value is -1.32. The molecule has 0 aliphatic heterocycles. The van der Waals surface area contributed by atoms with Gasteiger partial charge in [-0.25, -0.2) is 0 Å². The highest BCUT2D eigenvalue weighted by atomic mass is 35.5. The molecule has 3 rings (SSSR count). The first kappa shape index (κ1) is 13.7. The molecule has 3 nitrogen and oxygen atoms in total. The molecule has 2 N–H and O–H groups in total. The maximum absolute atomic E-state index is 6.37. The fourth-order valence-electron chi connectivity index (χ4n) is 3.05. The van der Waals surface area contributed by atoms with Crippen LogP contribution in [-0.2, 0) is 26.3 Å². The van der Waals surface area contributed by atoms with Crippen LogP contribution >= 0.6 is 11.6 Å². The normalized spacial score (nSPS) is 15.4. The summed E-state index contributed by atoms with van der Waals surface area (Å²) in [6, 6.07) is 6.62. The highest BCUT2D eigenvalue weighted by molar-refractivity contribution is 6.31. The SMILES string of the molecule is Cc1nn(C)c(CC(N)c2ccc3c(c2)CCC3)c1Cl. The third-order valence-corrected chi connectivity index (χ3v) is 4.72. The second-order valence-electron chi connectivity index (χ2n) is 5.66. The molecule has 0 radical (unpaired) electrons. The molecule has 1 aromatic heterocycles. The Morgan fingerprint density at radius 2 is 2.10 bits per heavy atom. The molecule has 0 fully saturated rings. The van der Waals surface area contributed by atoms with Gasteiger partial charge >= 0.3 is 0 Å². The summed E-state index contributed by atoms with van der Waals surface area (Å²) in [5, 5.41) is 5.08. The number of benzene rings is 1. The average molecular weight is 290 g/mol. The summed E-state index contributed by atoms with van der Waals surface area (Å²) in [5.74, 6) is 0. The van der Waals surface area contributed by atoms with E-state index in [9.17, 15) is 0 Å². The van der Waals surface area contributed by atoms with Crippen LogP contribution in [0.1, 0.15) is 40.5 Å². The molecule has 1 aliphatic carbocycles. The summed E-state index contributed by atoms with van der Waals surface area (Å²) in [6.07, 6.45) is 4.37. The highest BCUT2D eigenvalue weighted by Crippen LogP contribution is 2.28. The van der Waals surface area contributed by atoms with Gasteiger partial charge in [0.05, 0.1) is 16.4 Å². The lowest BCUT2D eigenvalue weighted by molar-refractivity contribution is 0.639. The molecule has 0 saturated carbocycles. The fraction of sp³-hybridized carbons (Fsp3) is 0.438. The van der Waals surface area contributed by atoms with Crippen LogP contribution in [0.3, 0.4) is 0 Å². The zero-order valence-electron chi connectivity index (χ0n) is 12.0. The molecule has 0 saturated heterocycles. The van der Waals surface area contributed by atoms with Gasteiger partial charge in [0, 0.05) is 19.5 Å². The van der Waals surface area contributed by atoms with Gasteiger partial charge in [-0.15, -0.1) is 0 Å². The third-order valence-electron chi connectivity index (χ3n) is 4.23. The Labute approximate surface area is 124 Å². The third kappa shape index (κ3) is 2.36. The van der Waals surface area contributed by atoms with Crippen LogP contribution in [0, 0.1) is 6.92 Å². The lowest BCUT2D eigenvalue weighted by Gasteiger charge is -2.14.